The second kappa shape index (κ2) is 5.52. The Morgan fingerprint density at radius 3 is 2.63 bits per heavy atom. The number of aryl methyl sites for hydroxylation is 1. The van der Waals surface area contributed by atoms with E-state index in [1.54, 1.807) is 20.0 Å². The molecule has 1 aromatic heterocycles. The van der Waals surface area contributed by atoms with E-state index in [0.29, 0.717) is 27.7 Å². The molecule has 0 unspecified atom stereocenters. The normalized spacial score (nSPS) is 10.4. The average molecular weight is 326 g/mol. The van der Waals surface area contributed by atoms with E-state index in [1.807, 2.05) is 6.92 Å². The van der Waals surface area contributed by atoms with Crippen LogP contribution in [0, 0.1) is 19.7 Å². The molecule has 0 bridgehead atoms. The van der Waals surface area contributed by atoms with Crippen LogP contribution in [-0.2, 0) is 0 Å². The highest BCUT2D eigenvalue weighted by molar-refractivity contribution is 9.10. The number of hydrogen-bond acceptors (Lipinski definition) is 4. The molecule has 0 spiro atoms. The summed E-state index contributed by atoms with van der Waals surface area (Å²) in [6.45, 7) is 3.64. The zero-order valence-electron chi connectivity index (χ0n) is 10.8. The fraction of sp³-hybridized carbons (Fsp3) is 0.231. The van der Waals surface area contributed by atoms with Gasteiger partial charge in [-0.1, -0.05) is 0 Å². The van der Waals surface area contributed by atoms with Crippen LogP contribution in [-0.4, -0.2) is 17.0 Å². The fourth-order valence-electron chi connectivity index (χ4n) is 1.61. The molecule has 1 heterocycles. The van der Waals surface area contributed by atoms with Crippen molar-refractivity contribution in [1.82, 2.24) is 9.97 Å². The van der Waals surface area contributed by atoms with E-state index >= 15 is 0 Å². The summed E-state index contributed by atoms with van der Waals surface area (Å²) in [6, 6.07) is 4.23. The Morgan fingerprint density at radius 2 is 2.00 bits per heavy atom. The van der Waals surface area contributed by atoms with Gasteiger partial charge in [-0.25, -0.2) is 9.37 Å². The number of nitrogens with one attached hydrogen (secondary N) is 1. The van der Waals surface area contributed by atoms with Crippen LogP contribution in [0.3, 0.4) is 0 Å². The van der Waals surface area contributed by atoms with Gasteiger partial charge in [-0.05, 0) is 48.0 Å². The Labute approximate surface area is 119 Å². The van der Waals surface area contributed by atoms with Gasteiger partial charge < -0.3 is 10.1 Å². The van der Waals surface area contributed by atoms with Crippen LogP contribution in [0.2, 0.25) is 0 Å². The zero-order valence-corrected chi connectivity index (χ0v) is 12.4. The van der Waals surface area contributed by atoms with Gasteiger partial charge in [0.05, 0.1) is 10.0 Å². The third-order valence-electron chi connectivity index (χ3n) is 2.55. The Balaban J connectivity index is 2.40. The van der Waals surface area contributed by atoms with Crippen LogP contribution in [0.1, 0.15) is 11.4 Å². The lowest BCUT2D eigenvalue weighted by molar-refractivity contribution is 0.451. The molecule has 1 N–H and O–H groups in total. The molecular weight excluding hydrogens is 313 g/mol. The molecule has 0 saturated heterocycles. The van der Waals surface area contributed by atoms with Crippen molar-refractivity contribution in [1.29, 1.82) is 0 Å². The van der Waals surface area contributed by atoms with Crippen molar-refractivity contribution in [3.8, 4) is 11.6 Å². The molecular formula is C13H13BrFN3O. The number of aromatic nitrogens is 2. The summed E-state index contributed by atoms with van der Waals surface area (Å²) in [5, 5.41) is 2.98. The minimum atomic E-state index is -0.328. The van der Waals surface area contributed by atoms with Gasteiger partial charge in [-0.2, -0.15) is 4.98 Å². The number of ether oxygens (including phenoxy) is 1. The van der Waals surface area contributed by atoms with Crippen molar-refractivity contribution < 1.29 is 9.13 Å². The van der Waals surface area contributed by atoms with Crippen molar-refractivity contribution in [3.63, 3.8) is 0 Å². The number of nitrogens with zero attached hydrogens (tertiary/aromatic N) is 2. The standard InChI is InChI=1S/C13H13BrFN3O/c1-7-12(16-3)17-8(2)18-13(7)19-11-5-4-9(15)6-10(11)14/h4-6H,1-3H3,(H,16,17,18). The Bertz CT molecular complexity index is 619. The molecule has 0 aliphatic rings. The van der Waals surface area contributed by atoms with E-state index in [9.17, 15) is 4.39 Å². The van der Waals surface area contributed by atoms with Gasteiger partial charge in [0.1, 0.15) is 23.2 Å². The molecule has 0 saturated carbocycles. The molecule has 0 aliphatic carbocycles. The Morgan fingerprint density at radius 1 is 1.26 bits per heavy atom. The quantitative estimate of drug-likeness (QED) is 0.931. The van der Waals surface area contributed by atoms with Gasteiger partial charge in [0, 0.05) is 7.05 Å². The van der Waals surface area contributed by atoms with Crippen LogP contribution in [0.5, 0.6) is 11.6 Å². The Hall–Kier alpha value is -1.69. The van der Waals surface area contributed by atoms with Crippen molar-refractivity contribution in [2.45, 2.75) is 13.8 Å². The van der Waals surface area contributed by atoms with Gasteiger partial charge in [0.2, 0.25) is 5.88 Å². The first kappa shape index (κ1) is 13.7. The Kier molecular flexibility index (Phi) is 3.99. The molecule has 0 fully saturated rings. The van der Waals surface area contributed by atoms with Crippen LogP contribution in [0.15, 0.2) is 22.7 Å². The first-order valence-corrected chi connectivity index (χ1v) is 6.46. The minimum Gasteiger partial charge on any atom is -0.437 e. The summed E-state index contributed by atoms with van der Waals surface area (Å²) in [5.41, 5.74) is 0.796. The predicted molar refractivity (Wildman–Crippen MR) is 75.2 cm³/mol. The predicted octanol–water partition coefficient (Wildman–Crippen LogP) is 3.83. The molecule has 2 aromatic rings. The SMILES string of the molecule is CNc1nc(C)nc(Oc2ccc(F)cc2Br)c1C. The minimum absolute atomic E-state index is 0.328. The van der Waals surface area contributed by atoms with E-state index < -0.39 is 0 Å². The maximum Gasteiger partial charge on any atom is 0.227 e. The van der Waals surface area contributed by atoms with E-state index in [0.717, 1.165) is 5.56 Å². The first-order valence-electron chi connectivity index (χ1n) is 5.67. The molecule has 6 heteroatoms. The van der Waals surface area contributed by atoms with Crippen LogP contribution in [0.4, 0.5) is 10.2 Å². The molecule has 19 heavy (non-hydrogen) atoms. The highest BCUT2D eigenvalue weighted by Crippen LogP contribution is 2.32. The second-order valence-corrected chi connectivity index (χ2v) is 4.83. The van der Waals surface area contributed by atoms with Crippen molar-refractivity contribution in [2.24, 2.45) is 0 Å². The van der Waals surface area contributed by atoms with E-state index in [-0.39, 0.29) is 5.82 Å². The second-order valence-electron chi connectivity index (χ2n) is 3.98. The first-order chi connectivity index (χ1) is 9.01. The fourth-order valence-corrected chi connectivity index (χ4v) is 2.04. The lowest BCUT2D eigenvalue weighted by atomic mass is 10.3. The number of anilines is 1. The van der Waals surface area contributed by atoms with Gasteiger partial charge in [-0.3, -0.25) is 0 Å². The van der Waals surface area contributed by atoms with Crippen molar-refractivity contribution in [3.05, 3.63) is 39.9 Å². The summed E-state index contributed by atoms with van der Waals surface area (Å²) >= 11 is 3.26. The molecule has 0 aliphatic heterocycles. The third kappa shape index (κ3) is 3.01. The average Bonchev–Trinajstić information content (AvgIpc) is 2.36. The lowest BCUT2D eigenvalue weighted by Gasteiger charge is -2.12. The van der Waals surface area contributed by atoms with E-state index in [1.165, 1.54) is 12.1 Å². The van der Waals surface area contributed by atoms with Gasteiger partial charge in [0.25, 0.3) is 0 Å². The van der Waals surface area contributed by atoms with Crippen LogP contribution < -0.4 is 10.1 Å². The maximum absolute atomic E-state index is 13.0. The van der Waals surface area contributed by atoms with E-state index in [2.05, 4.69) is 31.2 Å². The lowest BCUT2D eigenvalue weighted by Crippen LogP contribution is -2.03. The van der Waals surface area contributed by atoms with Crippen molar-refractivity contribution in [2.75, 3.05) is 12.4 Å². The van der Waals surface area contributed by atoms with Crippen LogP contribution >= 0.6 is 15.9 Å². The highest BCUT2D eigenvalue weighted by Gasteiger charge is 2.12. The molecule has 0 amide bonds. The summed E-state index contributed by atoms with van der Waals surface area (Å²) in [7, 11) is 1.78. The molecule has 0 radical (unpaired) electrons. The largest absolute Gasteiger partial charge is 0.437 e. The monoisotopic (exact) mass is 325 g/mol. The van der Waals surface area contributed by atoms with Gasteiger partial charge >= 0.3 is 0 Å². The smallest absolute Gasteiger partial charge is 0.227 e. The molecule has 100 valence electrons. The summed E-state index contributed by atoms with van der Waals surface area (Å²) < 4.78 is 19.3. The van der Waals surface area contributed by atoms with Gasteiger partial charge in [0.15, 0.2) is 0 Å². The third-order valence-corrected chi connectivity index (χ3v) is 3.17. The summed E-state index contributed by atoms with van der Waals surface area (Å²) in [6.07, 6.45) is 0. The number of halogens is 2. The maximum atomic E-state index is 13.0. The molecule has 0 atom stereocenters. The molecule has 4 nitrogen and oxygen atoms in total. The van der Waals surface area contributed by atoms with Crippen LogP contribution in [0.25, 0.3) is 0 Å². The summed E-state index contributed by atoms with van der Waals surface area (Å²) in [4.78, 5) is 8.51. The van der Waals surface area contributed by atoms with Gasteiger partial charge in [-0.15, -0.1) is 0 Å². The molecule has 1 aromatic carbocycles. The number of benzene rings is 1. The number of hydrogen-bond donors (Lipinski definition) is 1. The topological polar surface area (TPSA) is 47.0 Å². The highest BCUT2D eigenvalue weighted by atomic mass is 79.9. The van der Waals surface area contributed by atoms with Crippen molar-refractivity contribution >= 4 is 21.7 Å². The zero-order chi connectivity index (χ0) is 14.0. The van der Waals surface area contributed by atoms with E-state index in [4.69, 9.17) is 4.74 Å². The number of rotatable bonds is 3. The summed E-state index contributed by atoms with van der Waals surface area (Å²) in [5.74, 6) is 1.93. The molecule has 2 rings (SSSR count).